The highest BCUT2D eigenvalue weighted by Gasteiger charge is 2.28. The van der Waals surface area contributed by atoms with E-state index >= 15 is 0 Å². The first-order valence-electron chi connectivity index (χ1n) is 18.1. The van der Waals surface area contributed by atoms with Gasteiger partial charge in [0.1, 0.15) is 30.8 Å². The lowest BCUT2D eigenvalue weighted by Crippen LogP contribution is -2.44. The summed E-state index contributed by atoms with van der Waals surface area (Å²) in [6.07, 6.45) is -0.866. The van der Waals surface area contributed by atoms with E-state index < -0.39 is 78.7 Å². The average molecular weight is 924 g/mol. The van der Waals surface area contributed by atoms with Crippen LogP contribution in [0, 0.1) is 5.92 Å². The molecule has 0 aromatic heterocycles. The fraction of sp³-hybridized carbons (Fsp3) is 0.735. The van der Waals surface area contributed by atoms with E-state index in [0.717, 1.165) is 0 Å². The number of amides is 5. The average Bonchev–Trinajstić information content (AvgIpc) is 3.18. The molecule has 0 fully saturated rings. The lowest BCUT2D eigenvalue weighted by Gasteiger charge is -2.23. The number of Topliss-reactive ketones (excluding diaryl/α,β-unsaturated/α-hetero) is 2. The molecule has 0 aromatic carbocycles. The van der Waals surface area contributed by atoms with Crippen molar-refractivity contribution in [2.45, 2.75) is 51.0 Å². The standard InChI is InChI=1S/C34H54BrCl2N5O15/c35-19-25(43)2-1-12-54-14-16-56-22-31(48)41-26(4-6-33(50)51)27(44)18-24(34(52)53)3-5-28(45)40-9-13-55-15-17-57-23-32(49)42(10-7-38-29(46)20-36)11-8-39-30(47)21-37/h24,26H,1-23H2,(H,38,46)(H,39,47)(H,40,45)(H,41,48)(H,50,51)(H,52,53)/t24-,26+/m1/s1. The molecule has 57 heavy (non-hydrogen) atoms. The highest BCUT2D eigenvalue weighted by atomic mass is 79.9. The van der Waals surface area contributed by atoms with Crippen LogP contribution in [0.2, 0.25) is 0 Å². The maximum atomic E-state index is 13.0. The van der Waals surface area contributed by atoms with Gasteiger partial charge in [-0.15, -0.1) is 23.2 Å². The molecule has 0 aromatic rings. The minimum atomic E-state index is -1.35. The van der Waals surface area contributed by atoms with Crippen LogP contribution >= 0.6 is 39.1 Å². The van der Waals surface area contributed by atoms with Crippen molar-refractivity contribution in [3.05, 3.63) is 0 Å². The largest absolute Gasteiger partial charge is 0.481 e. The molecular formula is C34H54BrCl2N5O15. The Balaban J connectivity index is 4.58. The van der Waals surface area contributed by atoms with Gasteiger partial charge in [0, 0.05) is 65.0 Å². The van der Waals surface area contributed by atoms with Gasteiger partial charge in [-0.3, -0.25) is 43.2 Å². The Morgan fingerprint density at radius 1 is 0.632 bits per heavy atom. The maximum absolute atomic E-state index is 13.0. The van der Waals surface area contributed by atoms with E-state index in [2.05, 4.69) is 37.2 Å². The van der Waals surface area contributed by atoms with Crippen LogP contribution in [0.15, 0.2) is 0 Å². The molecule has 0 aliphatic heterocycles. The number of aliphatic carboxylic acids is 2. The zero-order valence-electron chi connectivity index (χ0n) is 31.7. The van der Waals surface area contributed by atoms with Gasteiger partial charge in [0.2, 0.25) is 29.5 Å². The summed E-state index contributed by atoms with van der Waals surface area (Å²) in [6, 6.07) is -1.29. The van der Waals surface area contributed by atoms with Gasteiger partial charge in [0.25, 0.3) is 0 Å². The summed E-state index contributed by atoms with van der Waals surface area (Å²) in [6.45, 7) is 0.571. The molecule has 0 aliphatic carbocycles. The normalized spacial score (nSPS) is 11.8. The number of carboxylic acids is 2. The molecule has 0 aliphatic rings. The summed E-state index contributed by atoms with van der Waals surface area (Å²) >= 11 is 14.0. The Labute approximate surface area is 349 Å². The van der Waals surface area contributed by atoms with Crippen molar-refractivity contribution in [2.24, 2.45) is 5.92 Å². The van der Waals surface area contributed by atoms with E-state index in [1.54, 1.807) is 0 Å². The number of carboxylic acid groups (broad SMARTS) is 2. The summed E-state index contributed by atoms with van der Waals surface area (Å²) < 4.78 is 21.3. The quantitative estimate of drug-likeness (QED) is 0.0330. The van der Waals surface area contributed by atoms with Crippen LogP contribution < -0.4 is 21.3 Å². The van der Waals surface area contributed by atoms with Gasteiger partial charge < -0.3 is 55.3 Å². The minimum Gasteiger partial charge on any atom is -0.481 e. The third-order valence-corrected chi connectivity index (χ3v) is 8.67. The fourth-order valence-corrected chi connectivity index (χ4v) is 5.05. The van der Waals surface area contributed by atoms with Crippen LogP contribution in [0.1, 0.15) is 44.9 Å². The van der Waals surface area contributed by atoms with Crippen LogP contribution in [-0.2, 0) is 62.1 Å². The van der Waals surface area contributed by atoms with Gasteiger partial charge in [-0.05, 0) is 19.3 Å². The third kappa shape index (κ3) is 30.3. The van der Waals surface area contributed by atoms with E-state index in [-0.39, 0.29) is 115 Å². The summed E-state index contributed by atoms with van der Waals surface area (Å²) in [7, 11) is 0. The first kappa shape index (κ1) is 53.5. The molecule has 0 radical (unpaired) electrons. The van der Waals surface area contributed by atoms with Crippen molar-refractivity contribution in [2.75, 3.05) is 103 Å². The minimum absolute atomic E-state index is 0.0344. The van der Waals surface area contributed by atoms with Crippen LogP contribution in [0.4, 0.5) is 0 Å². The first-order chi connectivity index (χ1) is 27.2. The summed E-state index contributed by atoms with van der Waals surface area (Å²) in [5.41, 5.74) is 0. The number of nitrogens with zero attached hydrogens (tertiary/aromatic N) is 1. The Kier molecular flexibility index (Phi) is 32.5. The van der Waals surface area contributed by atoms with Crippen molar-refractivity contribution in [3.63, 3.8) is 0 Å². The first-order valence-corrected chi connectivity index (χ1v) is 20.3. The molecule has 0 heterocycles. The molecule has 2 atom stereocenters. The zero-order valence-corrected chi connectivity index (χ0v) is 34.8. The van der Waals surface area contributed by atoms with Crippen molar-refractivity contribution < 1.29 is 72.3 Å². The fourth-order valence-electron chi connectivity index (χ4n) is 4.58. The van der Waals surface area contributed by atoms with E-state index in [4.69, 9.17) is 47.3 Å². The van der Waals surface area contributed by atoms with Gasteiger partial charge in [-0.1, -0.05) is 15.9 Å². The Hall–Kier alpha value is -3.47. The number of ketones is 2. The Morgan fingerprint density at radius 2 is 1.19 bits per heavy atom. The predicted molar refractivity (Wildman–Crippen MR) is 207 cm³/mol. The van der Waals surface area contributed by atoms with E-state index in [1.165, 1.54) is 4.90 Å². The number of hydrogen-bond donors (Lipinski definition) is 6. The number of hydrogen-bond acceptors (Lipinski definition) is 13. The molecule has 326 valence electrons. The van der Waals surface area contributed by atoms with Gasteiger partial charge in [-0.2, -0.15) is 0 Å². The summed E-state index contributed by atoms with van der Waals surface area (Å²) in [4.78, 5) is 109. The third-order valence-electron chi connectivity index (χ3n) is 7.56. The van der Waals surface area contributed by atoms with Gasteiger partial charge in [0.15, 0.2) is 5.78 Å². The van der Waals surface area contributed by atoms with Crippen LogP contribution in [0.25, 0.3) is 0 Å². The SMILES string of the molecule is O=C(O)CC[C@H](NC(=O)COCCOCCCC(=O)CBr)C(=O)C[C@@H](CCC(=O)NCCOCCOCC(=O)N(CCNC(=O)CCl)CCNC(=O)CCl)C(=O)O. The molecule has 23 heteroatoms. The molecule has 5 amide bonds. The number of nitrogens with one attached hydrogen (secondary N) is 4. The second kappa shape index (κ2) is 34.6. The van der Waals surface area contributed by atoms with Gasteiger partial charge >= 0.3 is 11.9 Å². The number of carbonyl (C=O) groups excluding carboxylic acids is 7. The molecule has 6 N–H and O–H groups in total. The molecule has 0 bridgehead atoms. The second-order valence-electron chi connectivity index (χ2n) is 12.1. The number of halogens is 3. The lowest BCUT2D eigenvalue weighted by molar-refractivity contribution is -0.145. The van der Waals surface area contributed by atoms with Crippen molar-refractivity contribution in [3.8, 4) is 0 Å². The zero-order chi connectivity index (χ0) is 42.8. The van der Waals surface area contributed by atoms with E-state index in [0.29, 0.717) is 19.4 Å². The highest BCUT2D eigenvalue weighted by molar-refractivity contribution is 9.09. The van der Waals surface area contributed by atoms with E-state index in [9.17, 15) is 48.3 Å². The highest BCUT2D eigenvalue weighted by Crippen LogP contribution is 2.15. The van der Waals surface area contributed by atoms with Crippen LogP contribution in [0.3, 0.4) is 0 Å². The lowest BCUT2D eigenvalue weighted by atomic mass is 9.92. The molecule has 0 saturated carbocycles. The topological polar surface area (TPSA) is 282 Å². The number of rotatable bonds is 37. The van der Waals surface area contributed by atoms with Gasteiger partial charge in [-0.25, -0.2) is 0 Å². The van der Waals surface area contributed by atoms with Crippen molar-refractivity contribution in [1.82, 2.24) is 26.2 Å². The van der Waals surface area contributed by atoms with E-state index in [1.807, 2.05) is 0 Å². The molecule has 20 nitrogen and oxygen atoms in total. The number of carbonyl (C=O) groups is 9. The van der Waals surface area contributed by atoms with Crippen LogP contribution in [-0.4, -0.2) is 177 Å². The smallest absolute Gasteiger partial charge is 0.306 e. The number of ether oxygens (including phenoxy) is 4. The monoisotopic (exact) mass is 921 g/mol. The second-order valence-corrected chi connectivity index (χ2v) is 13.2. The predicted octanol–water partition coefficient (Wildman–Crippen LogP) is -0.758. The Bertz CT molecular complexity index is 1260. The Morgan fingerprint density at radius 3 is 1.75 bits per heavy atom. The van der Waals surface area contributed by atoms with Crippen molar-refractivity contribution in [1.29, 1.82) is 0 Å². The van der Waals surface area contributed by atoms with Gasteiger partial charge in [0.05, 0.1) is 50.3 Å². The molecule has 0 rings (SSSR count). The summed E-state index contributed by atoms with van der Waals surface area (Å²) in [5.74, 6) is -7.41. The van der Waals surface area contributed by atoms with Crippen LogP contribution in [0.5, 0.6) is 0 Å². The molecule has 0 saturated heterocycles. The van der Waals surface area contributed by atoms with Crippen molar-refractivity contribution >= 4 is 92.2 Å². The molecular weight excluding hydrogens is 869 g/mol. The molecule has 0 spiro atoms. The maximum Gasteiger partial charge on any atom is 0.306 e. The number of alkyl halides is 3. The molecule has 0 unspecified atom stereocenters. The summed E-state index contributed by atoms with van der Waals surface area (Å²) in [5, 5.41) is 29.1.